The molecule has 0 radical (unpaired) electrons. The third-order valence-corrected chi connectivity index (χ3v) is 7.76. The van der Waals surface area contributed by atoms with Gasteiger partial charge < -0.3 is 8.85 Å². The van der Waals surface area contributed by atoms with Gasteiger partial charge in [0.05, 0.1) is 0 Å². The number of benzene rings is 2. The second-order valence-corrected chi connectivity index (χ2v) is 8.86. The predicted molar refractivity (Wildman–Crippen MR) is 108 cm³/mol. The molecule has 1 spiro atoms. The van der Waals surface area contributed by atoms with Crippen LogP contribution in [0, 0.1) is 0 Å². The molecule has 9 heteroatoms. The van der Waals surface area contributed by atoms with E-state index >= 15 is 0 Å². The van der Waals surface area contributed by atoms with Crippen LogP contribution in [-0.2, 0) is 0 Å². The number of anilines is 4. The smallest absolute Gasteiger partial charge is 0.462 e. The van der Waals surface area contributed by atoms with Crippen molar-refractivity contribution in [1.82, 2.24) is 19.9 Å². The van der Waals surface area contributed by atoms with E-state index in [1.165, 1.54) is 0 Å². The van der Waals surface area contributed by atoms with Crippen molar-refractivity contribution in [2.24, 2.45) is 0 Å². The molecule has 8 nitrogen and oxygen atoms in total. The summed E-state index contributed by atoms with van der Waals surface area (Å²) < 4.78 is 17.0. The lowest BCUT2D eigenvalue weighted by atomic mass is 10.3. The largest absolute Gasteiger partial charge is 0.738 e. The highest BCUT2D eigenvalue weighted by atomic mass is 28.4. The van der Waals surface area contributed by atoms with E-state index < -0.39 is 8.88 Å². The summed E-state index contributed by atoms with van der Waals surface area (Å²) >= 11 is 0. The van der Waals surface area contributed by atoms with Crippen molar-refractivity contribution in [1.29, 1.82) is 0 Å². The molecule has 0 saturated carbocycles. The Morgan fingerprint density at radius 1 is 0.552 bits per heavy atom. The zero-order chi connectivity index (χ0) is 19.3. The van der Waals surface area contributed by atoms with Crippen molar-refractivity contribution in [3.05, 3.63) is 85.5 Å². The van der Waals surface area contributed by atoms with Crippen LogP contribution >= 0.6 is 0 Å². The molecular weight excluding hydrogens is 384 g/mol. The third-order valence-electron chi connectivity index (χ3n) is 4.77. The number of hydrogen-bond acceptors (Lipinski definition) is 8. The van der Waals surface area contributed by atoms with Crippen LogP contribution in [0.1, 0.15) is 0 Å². The van der Waals surface area contributed by atoms with E-state index in [1.807, 2.05) is 69.8 Å². The topological polar surface area (TPSA) is 76.5 Å². The van der Waals surface area contributed by atoms with E-state index in [0.717, 1.165) is 11.4 Å². The van der Waals surface area contributed by atoms with Crippen LogP contribution < -0.4 is 18.0 Å². The van der Waals surface area contributed by atoms with Crippen LogP contribution in [0.4, 0.5) is 23.0 Å². The fourth-order valence-electron chi connectivity index (χ4n) is 3.63. The lowest BCUT2D eigenvalue weighted by Crippen LogP contribution is -2.67. The third kappa shape index (κ3) is 2.24. The fraction of sp³-hybridized carbons (Fsp3) is 0. The highest BCUT2D eigenvalue weighted by Gasteiger charge is 2.70. The maximum absolute atomic E-state index is 6.49. The van der Waals surface area contributed by atoms with Crippen molar-refractivity contribution >= 4 is 31.9 Å². The Morgan fingerprint density at radius 2 is 0.966 bits per heavy atom. The molecule has 2 aromatic carbocycles. The van der Waals surface area contributed by atoms with Gasteiger partial charge in [-0.15, -0.1) is 0 Å². The molecule has 2 aliphatic rings. The number of fused-ring (bicyclic) bond motifs is 2. The van der Waals surface area contributed by atoms with Crippen molar-refractivity contribution < 1.29 is 8.85 Å². The molecule has 0 saturated heterocycles. The lowest BCUT2D eigenvalue weighted by molar-refractivity contribution is 0.398. The number of nitrogens with zero attached hydrogens (tertiary/aromatic N) is 6. The molecule has 0 aliphatic carbocycles. The molecule has 0 N–H and O–H groups in total. The van der Waals surface area contributed by atoms with Crippen molar-refractivity contribution in [3.63, 3.8) is 0 Å². The van der Waals surface area contributed by atoms with Crippen LogP contribution in [-0.4, -0.2) is 28.8 Å². The number of para-hydroxylation sites is 2. The average Bonchev–Trinajstić information content (AvgIpc) is 3.28. The summed E-state index contributed by atoms with van der Waals surface area (Å²) in [6.07, 6.45) is 6.52. The molecule has 0 unspecified atom stereocenters. The Morgan fingerprint density at radius 3 is 1.41 bits per heavy atom. The van der Waals surface area contributed by atoms with Gasteiger partial charge in [0.25, 0.3) is 0 Å². The van der Waals surface area contributed by atoms with Crippen LogP contribution in [0.25, 0.3) is 0 Å². The summed E-state index contributed by atoms with van der Waals surface area (Å²) in [5.74, 6) is 2.08. The summed E-state index contributed by atoms with van der Waals surface area (Å²) in [7, 11) is -3.40. The summed E-state index contributed by atoms with van der Waals surface area (Å²) in [5.41, 5.74) is 1.79. The SMILES string of the molecule is c1ccc(N2c3nccnc3O[Si]23Oc2nccnc2N3c2ccccc2)cc1. The first-order valence-electron chi connectivity index (χ1n) is 9.07. The van der Waals surface area contributed by atoms with E-state index in [1.54, 1.807) is 24.8 Å². The first-order valence-corrected chi connectivity index (χ1v) is 10.8. The van der Waals surface area contributed by atoms with Gasteiger partial charge in [0.1, 0.15) is 0 Å². The average molecular weight is 398 g/mol. The molecule has 6 rings (SSSR count). The van der Waals surface area contributed by atoms with Crippen LogP contribution in [0.15, 0.2) is 85.5 Å². The Balaban J connectivity index is 1.63. The van der Waals surface area contributed by atoms with Crippen LogP contribution in [0.3, 0.4) is 0 Å². The Kier molecular flexibility index (Phi) is 3.32. The molecule has 4 heterocycles. The van der Waals surface area contributed by atoms with Crippen LogP contribution in [0.5, 0.6) is 11.8 Å². The van der Waals surface area contributed by atoms with Gasteiger partial charge in [-0.3, -0.25) is 9.13 Å². The van der Waals surface area contributed by atoms with Gasteiger partial charge in [-0.2, -0.15) is 0 Å². The maximum atomic E-state index is 6.49. The Labute approximate surface area is 167 Å². The van der Waals surface area contributed by atoms with Gasteiger partial charge in [0.15, 0.2) is 11.6 Å². The second kappa shape index (κ2) is 6.01. The van der Waals surface area contributed by atoms with E-state index in [4.69, 9.17) is 8.85 Å². The molecule has 2 aliphatic heterocycles. The highest BCUT2D eigenvalue weighted by Crippen LogP contribution is 2.51. The van der Waals surface area contributed by atoms with Crippen LogP contribution in [0.2, 0.25) is 0 Å². The van der Waals surface area contributed by atoms with Gasteiger partial charge in [0, 0.05) is 36.2 Å². The summed E-state index contributed by atoms with van der Waals surface area (Å²) in [6, 6.07) is 19.8. The predicted octanol–water partition coefficient (Wildman–Crippen LogP) is 3.46. The molecule has 2 aromatic heterocycles. The summed E-state index contributed by atoms with van der Waals surface area (Å²) in [6.45, 7) is 0. The van der Waals surface area contributed by atoms with E-state index in [0.29, 0.717) is 23.4 Å². The lowest BCUT2D eigenvalue weighted by Gasteiger charge is -2.34. The van der Waals surface area contributed by atoms with Gasteiger partial charge in [-0.1, -0.05) is 36.4 Å². The minimum Gasteiger partial charge on any atom is -0.462 e. The molecule has 0 fully saturated rings. The Bertz CT molecular complexity index is 1100. The van der Waals surface area contributed by atoms with Gasteiger partial charge in [-0.05, 0) is 24.3 Å². The first-order chi connectivity index (χ1) is 14.4. The molecule has 0 atom stereocenters. The number of rotatable bonds is 2. The van der Waals surface area contributed by atoms with Gasteiger partial charge in [0.2, 0.25) is 11.8 Å². The zero-order valence-electron chi connectivity index (χ0n) is 15.1. The Hall–Kier alpha value is -3.98. The monoisotopic (exact) mass is 398 g/mol. The van der Waals surface area contributed by atoms with Crippen molar-refractivity contribution in [2.45, 2.75) is 0 Å². The second-order valence-electron chi connectivity index (χ2n) is 6.46. The normalized spacial score (nSPS) is 15.6. The summed E-state index contributed by atoms with van der Waals surface area (Å²) in [5, 5.41) is 0. The number of aromatic nitrogens is 4. The van der Waals surface area contributed by atoms with Crippen molar-refractivity contribution in [3.8, 4) is 11.8 Å². The van der Waals surface area contributed by atoms with Crippen molar-refractivity contribution in [2.75, 3.05) is 9.13 Å². The maximum Gasteiger partial charge on any atom is 0.738 e. The molecule has 0 amide bonds. The molecule has 4 aromatic rings. The zero-order valence-corrected chi connectivity index (χ0v) is 16.1. The van der Waals surface area contributed by atoms with Gasteiger partial charge >= 0.3 is 8.88 Å². The molecule has 140 valence electrons. The van der Waals surface area contributed by atoms with E-state index in [2.05, 4.69) is 19.9 Å². The highest BCUT2D eigenvalue weighted by molar-refractivity contribution is 6.81. The van der Waals surface area contributed by atoms with Gasteiger partial charge in [-0.25, -0.2) is 19.9 Å². The molecule has 29 heavy (non-hydrogen) atoms. The molecule has 0 bridgehead atoms. The summed E-state index contributed by atoms with van der Waals surface area (Å²) in [4.78, 5) is 17.9. The minimum atomic E-state index is -3.40. The van der Waals surface area contributed by atoms with E-state index in [-0.39, 0.29) is 0 Å². The standard InChI is InChI=1S/C20H14N6O2Si/c1-3-7-15(8-4-1)25-17-19(23-13-11-21-17)27-29(25)26(16-9-5-2-6-10-16)18-20(28-29)24-14-12-22-18/h1-14H. The number of hydrogen-bond donors (Lipinski definition) is 0. The molecular formula is C20H14N6O2Si. The van der Waals surface area contributed by atoms with E-state index in [9.17, 15) is 0 Å². The minimum absolute atomic E-state index is 0.428. The quantitative estimate of drug-likeness (QED) is 0.475. The fourth-order valence-corrected chi connectivity index (χ4v) is 6.83. The first kappa shape index (κ1) is 16.0.